The van der Waals surface area contributed by atoms with Crippen molar-refractivity contribution in [2.45, 2.75) is 50.3 Å². The van der Waals surface area contributed by atoms with Crippen LogP contribution in [0.3, 0.4) is 0 Å². The maximum Gasteiger partial charge on any atom is 0.238 e. The van der Waals surface area contributed by atoms with Crippen LogP contribution in [0.15, 0.2) is 34.2 Å². The lowest BCUT2D eigenvalue weighted by Gasteiger charge is -2.26. The Morgan fingerprint density at radius 2 is 1.88 bits per heavy atom. The Morgan fingerprint density at radius 3 is 2.50 bits per heavy atom. The molecule has 0 radical (unpaired) electrons. The van der Waals surface area contributed by atoms with Crippen molar-refractivity contribution in [2.24, 2.45) is 22.0 Å². The van der Waals surface area contributed by atoms with Gasteiger partial charge < -0.3 is 10.6 Å². The van der Waals surface area contributed by atoms with Crippen LogP contribution in [0.1, 0.15) is 44.6 Å². The minimum absolute atomic E-state index is 0.142. The standard InChI is InChI=1S/C19H32N4O2S/c1-15-4-3-5-17(14-15)11-13-23-19(21-2)22-12-10-16-6-8-18(9-7-16)26(20,24)25/h6-9,15,17H,3-5,10-14H2,1-2H3,(H2,20,24,25)(H2,21,22,23). The number of nitrogens with zero attached hydrogens (tertiary/aromatic N) is 1. The van der Waals surface area contributed by atoms with Crippen LogP contribution in [0.5, 0.6) is 0 Å². The van der Waals surface area contributed by atoms with Crippen molar-refractivity contribution in [3.8, 4) is 0 Å². The molecule has 0 aromatic heterocycles. The van der Waals surface area contributed by atoms with Crippen LogP contribution in [-0.4, -0.2) is 34.5 Å². The lowest BCUT2D eigenvalue weighted by molar-refractivity contribution is 0.270. The van der Waals surface area contributed by atoms with E-state index in [1.807, 2.05) is 0 Å². The highest BCUT2D eigenvalue weighted by Gasteiger charge is 2.18. The number of nitrogens with two attached hydrogens (primary N) is 1. The van der Waals surface area contributed by atoms with Gasteiger partial charge in [-0.25, -0.2) is 13.6 Å². The fraction of sp³-hybridized carbons (Fsp3) is 0.632. The normalized spacial score (nSPS) is 21.4. The number of aliphatic imine (C=N–C) groups is 1. The summed E-state index contributed by atoms with van der Waals surface area (Å²) in [6.07, 6.45) is 7.43. The van der Waals surface area contributed by atoms with Crippen molar-refractivity contribution in [1.29, 1.82) is 0 Å². The molecule has 0 aliphatic heterocycles. The summed E-state index contributed by atoms with van der Waals surface area (Å²) in [6.45, 7) is 4.03. The maximum atomic E-state index is 11.3. The number of benzene rings is 1. The number of hydrogen-bond acceptors (Lipinski definition) is 3. The summed E-state index contributed by atoms with van der Waals surface area (Å²) in [5.41, 5.74) is 1.05. The number of guanidine groups is 1. The molecule has 0 heterocycles. The van der Waals surface area contributed by atoms with Crippen LogP contribution >= 0.6 is 0 Å². The molecule has 26 heavy (non-hydrogen) atoms. The quantitative estimate of drug-likeness (QED) is 0.499. The molecule has 1 fully saturated rings. The Morgan fingerprint density at radius 1 is 1.19 bits per heavy atom. The second-order valence-corrected chi connectivity index (χ2v) is 8.85. The zero-order valence-corrected chi connectivity index (χ0v) is 16.7. The number of nitrogens with one attached hydrogen (secondary N) is 2. The van der Waals surface area contributed by atoms with E-state index in [0.717, 1.165) is 42.9 Å². The minimum Gasteiger partial charge on any atom is -0.356 e. The van der Waals surface area contributed by atoms with Crippen molar-refractivity contribution in [3.63, 3.8) is 0 Å². The van der Waals surface area contributed by atoms with Crippen LogP contribution in [0, 0.1) is 11.8 Å². The van der Waals surface area contributed by atoms with E-state index >= 15 is 0 Å². The molecule has 0 bridgehead atoms. The lowest BCUT2D eigenvalue weighted by Crippen LogP contribution is -2.39. The van der Waals surface area contributed by atoms with Gasteiger partial charge in [0.05, 0.1) is 4.90 Å². The molecule has 1 aliphatic rings. The first-order chi connectivity index (χ1) is 12.4. The van der Waals surface area contributed by atoms with E-state index in [2.05, 4.69) is 22.5 Å². The van der Waals surface area contributed by atoms with Crippen molar-refractivity contribution in [1.82, 2.24) is 10.6 Å². The Balaban J connectivity index is 1.68. The second kappa shape index (κ2) is 9.92. The number of primary sulfonamides is 1. The van der Waals surface area contributed by atoms with Crippen LogP contribution in [0.4, 0.5) is 0 Å². The van der Waals surface area contributed by atoms with Gasteiger partial charge in [-0.3, -0.25) is 4.99 Å². The highest BCUT2D eigenvalue weighted by molar-refractivity contribution is 7.89. The van der Waals surface area contributed by atoms with Crippen molar-refractivity contribution < 1.29 is 8.42 Å². The molecule has 7 heteroatoms. The summed E-state index contributed by atoms with van der Waals surface area (Å²) in [6, 6.07) is 6.68. The molecule has 0 saturated heterocycles. The van der Waals surface area contributed by atoms with Gasteiger partial charge in [-0.05, 0) is 48.8 Å². The third-order valence-electron chi connectivity index (χ3n) is 5.07. The summed E-state index contributed by atoms with van der Waals surface area (Å²) < 4.78 is 22.5. The van der Waals surface area contributed by atoms with Crippen LogP contribution in [-0.2, 0) is 16.4 Å². The monoisotopic (exact) mass is 380 g/mol. The van der Waals surface area contributed by atoms with Gasteiger partial charge in [0.25, 0.3) is 0 Å². The SMILES string of the molecule is CN=C(NCCc1ccc(S(N)(=O)=O)cc1)NCCC1CCCC(C)C1. The van der Waals surface area contributed by atoms with E-state index < -0.39 is 10.0 Å². The van der Waals surface area contributed by atoms with Gasteiger partial charge in [-0.2, -0.15) is 0 Å². The largest absolute Gasteiger partial charge is 0.356 e. The summed E-state index contributed by atoms with van der Waals surface area (Å²) >= 11 is 0. The third kappa shape index (κ3) is 6.96. The third-order valence-corrected chi connectivity index (χ3v) is 6.00. The highest BCUT2D eigenvalue weighted by Crippen LogP contribution is 2.30. The first-order valence-electron chi connectivity index (χ1n) is 9.44. The molecule has 2 unspecified atom stereocenters. The first kappa shape index (κ1) is 20.7. The Kier molecular flexibility index (Phi) is 7.90. The van der Waals surface area contributed by atoms with Crippen LogP contribution < -0.4 is 15.8 Å². The summed E-state index contributed by atoms with van der Waals surface area (Å²) in [7, 11) is -1.85. The molecule has 1 saturated carbocycles. The molecule has 2 atom stereocenters. The van der Waals surface area contributed by atoms with E-state index in [9.17, 15) is 8.42 Å². The van der Waals surface area contributed by atoms with Gasteiger partial charge in [-0.15, -0.1) is 0 Å². The predicted molar refractivity (Wildman–Crippen MR) is 107 cm³/mol. The van der Waals surface area contributed by atoms with Gasteiger partial charge >= 0.3 is 0 Å². The van der Waals surface area contributed by atoms with Crippen LogP contribution in [0.25, 0.3) is 0 Å². The lowest BCUT2D eigenvalue weighted by atomic mass is 9.81. The van der Waals surface area contributed by atoms with Crippen molar-refractivity contribution >= 4 is 16.0 Å². The Bertz CT molecular complexity index is 686. The first-order valence-corrected chi connectivity index (χ1v) is 11.0. The number of rotatable bonds is 7. The zero-order valence-electron chi connectivity index (χ0n) is 15.9. The molecule has 6 nitrogen and oxygen atoms in total. The second-order valence-electron chi connectivity index (χ2n) is 7.29. The molecule has 1 aromatic carbocycles. The fourth-order valence-corrected chi connectivity index (χ4v) is 4.12. The molecule has 1 aliphatic carbocycles. The highest BCUT2D eigenvalue weighted by atomic mass is 32.2. The molecule has 146 valence electrons. The molecular formula is C19H32N4O2S. The fourth-order valence-electron chi connectivity index (χ4n) is 3.61. The van der Waals surface area contributed by atoms with E-state index in [1.165, 1.54) is 32.1 Å². The van der Waals surface area contributed by atoms with Crippen molar-refractivity contribution in [3.05, 3.63) is 29.8 Å². The van der Waals surface area contributed by atoms with Crippen LogP contribution in [0.2, 0.25) is 0 Å². The van der Waals surface area contributed by atoms with E-state index in [0.29, 0.717) is 0 Å². The summed E-state index contributed by atoms with van der Waals surface area (Å²) in [5.74, 6) is 2.52. The van der Waals surface area contributed by atoms with E-state index in [1.54, 1.807) is 31.3 Å². The molecule has 0 spiro atoms. The van der Waals surface area contributed by atoms with Gasteiger partial charge in [0.1, 0.15) is 0 Å². The van der Waals surface area contributed by atoms with Gasteiger partial charge in [0, 0.05) is 20.1 Å². The molecule has 1 aromatic rings. The van der Waals surface area contributed by atoms with E-state index in [4.69, 9.17) is 5.14 Å². The van der Waals surface area contributed by atoms with Crippen molar-refractivity contribution in [2.75, 3.05) is 20.1 Å². The van der Waals surface area contributed by atoms with E-state index in [-0.39, 0.29) is 4.90 Å². The maximum absolute atomic E-state index is 11.3. The van der Waals surface area contributed by atoms with Gasteiger partial charge in [0.2, 0.25) is 10.0 Å². The number of sulfonamides is 1. The summed E-state index contributed by atoms with van der Waals surface area (Å²) in [5, 5.41) is 11.8. The smallest absolute Gasteiger partial charge is 0.238 e. The number of hydrogen-bond donors (Lipinski definition) is 3. The topological polar surface area (TPSA) is 96.6 Å². The Hall–Kier alpha value is -1.60. The zero-order chi connectivity index (χ0) is 19.0. The summed E-state index contributed by atoms with van der Waals surface area (Å²) in [4.78, 5) is 4.40. The average molecular weight is 381 g/mol. The molecule has 4 N–H and O–H groups in total. The predicted octanol–water partition coefficient (Wildman–Crippen LogP) is 2.26. The molecule has 2 rings (SSSR count). The van der Waals surface area contributed by atoms with Gasteiger partial charge in [-0.1, -0.05) is 38.3 Å². The molecule has 0 amide bonds. The van der Waals surface area contributed by atoms with Gasteiger partial charge in [0.15, 0.2) is 5.96 Å². The molecular weight excluding hydrogens is 348 g/mol. The Labute approximate surface area is 157 Å². The minimum atomic E-state index is -3.63. The average Bonchev–Trinajstić information content (AvgIpc) is 2.60.